The maximum Gasteiger partial charge on any atom is 0.323 e. The summed E-state index contributed by atoms with van der Waals surface area (Å²) in [4.78, 5) is 11.3. The molecule has 1 unspecified atom stereocenters. The summed E-state index contributed by atoms with van der Waals surface area (Å²) in [6.07, 6.45) is 0.402. The molecule has 2 aromatic rings. The normalized spacial score (nSPS) is 13.8. The third kappa shape index (κ3) is 3.52. The molecule has 0 saturated carbocycles. The largest absolute Gasteiger partial charge is 0.493 e. The average molecular weight is 287 g/mol. The van der Waals surface area contributed by atoms with Gasteiger partial charge in [0.15, 0.2) is 0 Å². The second kappa shape index (κ2) is 6.59. The van der Waals surface area contributed by atoms with Crippen LogP contribution in [0.15, 0.2) is 42.5 Å². The van der Waals surface area contributed by atoms with Crippen LogP contribution in [-0.2, 0) is 4.79 Å². The van der Waals surface area contributed by atoms with Crippen LogP contribution in [0.1, 0.15) is 20.3 Å². The van der Waals surface area contributed by atoms with Crippen molar-refractivity contribution >= 4 is 16.7 Å². The van der Waals surface area contributed by atoms with Crippen LogP contribution in [0.2, 0.25) is 0 Å². The Morgan fingerprint density at radius 1 is 1.24 bits per heavy atom. The van der Waals surface area contributed by atoms with Crippen molar-refractivity contribution in [1.82, 2.24) is 5.32 Å². The Balaban J connectivity index is 2.07. The quantitative estimate of drug-likeness (QED) is 0.821. The Morgan fingerprint density at radius 3 is 2.67 bits per heavy atom. The van der Waals surface area contributed by atoms with Crippen LogP contribution in [0.3, 0.4) is 0 Å². The van der Waals surface area contributed by atoms with Crippen LogP contribution >= 0.6 is 0 Å². The number of hydrogen-bond acceptors (Lipinski definition) is 3. The summed E-state index contributed by atoms with van der Waals surface area (Å²) in [5.41, 5.74) is -0.959. The highest BCUT2D eigenvalue weighted by Gasteiger charge is 2.31. The van der Waals surface area contributed by atoms with Gasteiger partial charge in [-0.3, -0.25) is 4.79 Å². The summed E-state index contributed by atoms with van der Waals surface area (Å²) in [6.45, 7) is 4.54. The summed E-state index contributed by atoms with van der Waals surface area (Å²) in [7, 11) is 0. The molecule has 2 aromatic carbocycles. The third-order valence-corrected chi connectivity index (χ3v) is 3.65. The predicted octanol–water partition coefficient (Wildman–Crippen LogP) is 3.06. The summed E-state index contributed by atoms with van der Waals surface area (Å²) in [5.74, 6) is -0.0665. The van der Waals surface area contributed by atoms with E-state index in [1.165, 1.54) is 0 Å². The second-order valence-electron chi connectivity index (χ2n) is 5.24. The first kappa shape index (κ1) is 15.3. The summed E-state index contributed by atoms with van der Waals surface area (Å²) < 4.78 is 5.81. The fourth-order valence-corrected chi connectivity index (χ4v) is 2.35. The molecule has 0 radical (unpaired) electrons. The van der Waals surface area contributed by atoms with Crippen molar-refractivity contribution < 1.29 is 14.6 Å². The van der Waals surface area contributed by atoms with Gasteiger partial charge in [-0.25, -0.2) is 0 Å². The minimum atomic E-state index is -0.959. The number of carbonyl (C=O) groups is 1. The lowest BCUT2D eigenvalue weighted by atomic mass is 9.98. The molecule has 2 rings (SSSR count). The van der Waals surface area contributed by atoms with Gasteiger partial charge >= 0.3 is 5.97 Å². The number of rotatable bonds is 7. The second-order valence-corrected chi connectivity index (χ2v) is 5.24. The SMILES string of the molecule is CCNC(C)(CCOc1cccc2ccccc12)C(=O)O. The lowest BCUT2D eigenvalue weighted by Gasteiger charge is -2.25. The molecule has 0 spiro atoms. The van der Waals surface area contributed by atoms with Gasteiger partial charge in [-0.2, -0.15) is 0 Å². The zero-order valence-corrected chi connectivity index (χ0v) is 12.4. The monoisotopic (exact) mass is 287 g/mol. The van der Waals surface area contributed by atoms with E-state index in [-0.39, 0.29) is 0 Å². The zero-order valence-electron chi connectivity index (χ0n) is 12.4. The van der Waals surface area contributed by atoms with Crippen LogP contribution in [-0.4, -0.2) is 29.8 Å². The average Bonchev–Trinajstić information content (AvgIpc) is 2.47. The van der Waals surface area contributed by atoms with Crippen LogP contribution < -0.4 is 10.1 Å². The van der Waals surface area contributed by atoms with Crippen molar-refractivity contribution in [3.8, 4) is 5.75 Å². The number of benzene rings is 2. The number of carboxylic acid groups (broad SMARTS) is 1. The molecule has 0 fully saturated rings. The maximum atomic E-state index is 11.3. The third-order valence-electron chi connectivity index (χ3n) is 3.65. The van der Waals surface area contributed by atoms with E-state index in [4.69, 9.17) is 4.74 Å². The summed E-state index contributed by atoms with van der Waals surface area (Å²) >= 11 is 0. The van der Waals surface area contributed by atoms with Gasteiger partial charge in [-0.05, 0) is 24.9 Å². The van der Waals surface area contributed by atoms with Crippen LogP contribution in [0.5, 0.6) is 5.75 Å². The van der Waals surface area contributed by atoms with Gasteiger partial charge in [0.05, 0.1) is 6.61 Å². The van der Waals surface area contributed by atoms with E-state index in [2.05, 4.69) is 5.32 Å². The molecule has 21 heavy (non-hydrogen) atoms. The Hall–Kier alpha value is -2.07. The van der Waals surface area contributed by atoms with Crippen LogP contribution in [0.4, 0.5) is 0 Å². The minimum Gasteiger partial charge on any atom is -0.493 e. The lowest BCUT2D eigenvalue weighted by Crippen LogP contribution is -2.50. The molecule has 0 bridgehead atoms. The molecule has 4 heteroatoms. The Labute approximate surface area is 124 Å². The first-order valence-corrected chi connectivity index (χ1v) is 7.16. The highest BCUT2D eigenvalue weighted by molar-refractivity contribution is 5.88. The molecule has 0 saturated heterocycles. The molecular formula is C17H21NO3. The topological polar surface area (TPSA) is 58.6 Å². The number of aliphatic carboxylic acids is 1. The molecular weight excluding hydrogens is 266 g/mol. The van der Waals surface area contributed by atoms with Crippen LogP contribution in [0, 0.1) is 0 Å². The van der Waals surface area contributed by atoms with Crippen molar-refractivity contribution in [1.29, 1.82) is 0 Å². The number of hydrogen-bond donors (Lipinski definition) is 2. The van der Waals surface area contributed by atoms with Gasteiger partial charge in [0.25, 0.3) is 0 Å². The highest BCUT2D eigenvalue weighted by atomic mass is 16.5. The van der Waals surface area contributed by atoms with Gasteiger partial charge in [0, 0.05) is 11.8 Å². The Kier molecular flexibility index (Phi) is 4.81. The summed E-state index contributed by atoms with van der Waals surface area (Å²) in [5, 5.41) is 14.5. The zero-order chi connectivity index (χ0) is 15.3. The first-order chi connectivity index (χ1) is 10.1. The van der Waals surface area contributed by atoms with Gasteiger partial charge in [-0.15, -0.1) is 0 Å². The molecule has 0 aliphatic carbocycles. The molecule has 1 atom stereocenters. The van der Waals surface area contributed by atoms with Crippen molar-refractivity contribution in [2.45, 2.75) is 25.8 Å². The molecule has 0 aliphatic rings. The maximum absolute atomic E-state index is 11.3. The van der Waals surface area contributed by atoms with E-state index < -0.39 is 11.5 Å². The number of ether oxygens (including phenoxy) is 1. The number of carboxylic acids is 1. The minimum absolute atomic E-state index is 0.351. The van der Waals surface area contributed by atoms with E-state index >= 15 is 0 Å². The fraction of sp³-hybridized carbons (Fsp3) is 0.353. The molecule has 0 aliphatic heterocycles. The van der Waals surface area contributed by atoms with Crippen molar-refractivity contribution in [2.75, 3.05) is 13.2 Å². The lowest BCUT2D eigenvalue weighted by molar-refractivity contribution is -0.144. The number of fused-ring (bicyclic) bond motifs is 1. The van der Waals surface area contributed by atoms with E-state index in [0.717, 1.165) is 16.5 Å². The first-order valence-electron chi connectivity index (χ1n) is 7.16. The van der Waals surface area contributed by atoms with Gasteiger partial charge in [-0.1, -0.05) is 43.3 Å². The molecule has 112 valence electrons. The van der Waals surface area contributed by atoms with Gasteiger partial charge in [0.2, 0.25) is 0 Å². The van der Waals surface area contributed by atoms with Crippen molar-refractivity contribution in [2.24, 2.45) is 0 Å². The fourth-order valence-electron chi connectivity index (χ4n) is 2.35. The van der Waals surface area contributed by atoms with E-state index in [9.17, 15) is 9.90 Å². The van der Waals surface area contributed by atoms with Crippen LogP contribution in [0.25, 0.3) is 10.8 Å². The smallest absolute Gasteiger partial charge is 0.323 e. The van der Waals surface area contributed by atoms with Gasteiger partial charge < -0.3 is 15.2 Å². The van der Waals surface area contributed by atoms with E-state index in [1.807, 2.05) is 49.4 Å². The van der Waals surface area contributed by atoms with E-state index in [1.54, 1.807) is 6.92 Å². The molecule has 0 aromatic heterocycles. The number of likely N-dealkylation sites (N-methyl/N-ethyl adjacent to an activating group) is 1. The van der Waals surface area contributed by atoms with Crippen molar-refractivity contribution in [3.63, 3.8) is 0 Å². The van der Waals surface area contributed by atoms with Crippen molar-refractivity contribution in [3.05, 3.63) is 42.5 Å². The van der Waals surface area contributed by atoms with E-state index in [0.29, 0.717) is 19.6 Å². The Morgan fingerprint density at radius 2 is 1.95 bits per heavy atom. The molecule has 2 N–H and O–H groups in total. The molecule has 4 nitrogen and oxygen atoms in total. The standard InChI is InChI=1S/C17H21NO3/c1-3-18-17(2,16(19)20)11-12-21-15-10-6-8-13-7-4-5-9-14(13)15/h4-10,18H,3,11-12H2,1-2H3,(H,19,20). The molecule has 0 amide bonds. The predicted molar refractivity (Wildman–Crippen MR) is 83.8 cm³/mol. The number of nitrogens with one attached hydrogen (secondary N) is 1. The summed E-state index contributed by atoms with van der Waals surface area (Å²) in [6, 6.07) is 13.9. The Bertz CT molecular complexity index is 621. The highest BCUT2D eigenvalue weighted by Crippen LogP contribution is 2.25. The molecule has 0 heterocycles. The van der Waals surface area contributed by atoms with Gasteiger partial charge in [0.1, 0.15) is 11.3 Å².